The van der Waals surface area contributed by atoms with Crippen LogP contribution in [0.25, 0.3) is 5.82 Å². The number of hydrogen-bond acceptors (Lipinski definition) is 5. The molecule has 0 aliphatic rings. The number of nitrogens with zero attached hydrogens (tertiary/aromatic N) is 4. The number of nitrogens with one attached hydrogen (secondary N) is 2. The molecule has 1 amide bonds. The van der Waals surface area contributed by atoms with Crippen molar-refractivity contribution in [3.8, 4) is 5.82 Å². The van der Waals surface area contributed by atoms with E-state index in [9.17, 15) is 18.0 Å². The normalized spacial score (nSPS) is 10.7. The quantitative estimate of drug-likeness (QED) is 0.509. The van der Waals surface area contributed by atoms with Crippen LogP contribution in [0, 0.1) is 24.4 Å². The smallest absolute Gasteiger partial charge is 0.254 e. The highest BCUT2D eigenvalue weighted by Crippen LogP contribution is 2.15. The van der Waals surface area contributed by atoms with Crippen LogP contribution in [0.15, 0.2) is 36.9 Å². The molecule has 0 bridgehead atoms. The molecule has 10 heteroatoms. The lowest BCUT2D eigenvalue weighted by atomic mass is 10.2. The molecule has 1 aromatic carbocycles. The first-order valence-electron chi connectivity index (χ1n) is 7.95. The zero-order valence-electron chi connectivity index (χ0n) is 14.2. The largest absolute Gasteiger partial charge is 0.368 e. The van der Waals surface area contributed by atoms with Crippen LogP contribution < -0.4 is 10.6 Å². The Morgan fingerprint density at radius 1 is 1.11 bits per heavy atom. The van der Waals surface area contributed by atoms with E-state index in [0.29, 0.717) is 17.7 Å². The maximum atomic E-state index is 13.6. The number of aryl methyl sites for hydroxylation is 1. The molecule has 3 rings (SSSR count). The van der Waals surface area contributed by atoms with E-state index < -0.39 is 28.9 Å². The Morgan fingerprint density at radius 2 is 1.93 bits per heavy atom. The highest BCUT2D eigenvalue weighted by atomic mass is 19.2. The van der Waals surface area contributed by atoms with Crippen molar-refractivity contribution in [2.24, 2.45) is 0 Å². The van der Waals surface area contributed by atoms with E-state index in [-0.39, 0.29) is 13.1 Å². The minimum atomic E-state index is -1.68. The van der Waals surface area contributed by atoms with Gasteiger partial charge in [-0.15, -0.1) is 0 Å². The minimum absolute atomic E-state index is 0.112. The van der Waals surface area contributed by atoms with Gasteiger partial charge < -0.3 is 10.6 Å². The van der Waals surface area contributed by atoms with Gasteiger partial charge in [-0.25, -0.2) is 28.1 Å². The minimum Gasteiger partial charge on any atom is -0.368 e. The number of aromatic nitrogens is 4. The lowest BCUT2D eigenvalue weighted by Crippen LogP contribution is -2.29. The predicted octanol–water partition coefficient (Wildman–Crippen LogP) is 2.23. The van der Waals surface area contributed by atoms with Gasteiger partial charge >= 0.3 is 0 Å². The summed E-state index contributed by atoms with van der Waals surface area (Å²) < 4.78 is 41.4. The number of rotatable bonds is 6. The molecule has 0 saturated heterocycles. The van der Waals surface area contributed by atoms with Crippen LogP contribution in [0.5, 0.6) is 0 Å². The van der Waals surface area contributed by atoms with Gasteiger partial charge in [-0.3, -0.25) is 9.36 Å². The summed E-state index contributed by atoms with van der Waals surface area (Å²) in [6, 6.07) is 3.29. The molecular weight excluding hydrogens is 361 g/mol. The summed E-state index contributed by atoms with van der Waals surface area (Å²) in [5.41, 5.74) is -0.561. The Balaban J connectivity index is 1.56. The van der Waals surface area contributed by atoms with Gasteiger partial charge in [-0.2, -0.15) is 0 Å². The lowest BCUT2D eigenvalue weighted by molar-refractivity contribution is 0.0950. The van der Waals surface area contributed by atoms with Crippen molar-refractivity contribution in [1.82, 2.24) is 24.8 Å². The average molecular weight is 376 g/mol. The molecule has 0 saturated carbocycles. The number of benzene rings is 1. The van der Waals surface area contributed by atoms with E-state index in [0.717, 1.165) is 11.9 Å². The van der Waals surface area contributed by atoms with Crippen LogP contribution in [0.1, 0.15) is 16.2 Å². The van der Waals surface area contributed by atoms with Gasteiger partial charge in [0.15, 0.2) is 17.5 Å². The molecule has 27 heavy (non-hydrogen) atoms. The number of anilines is 1. The van der Waals surface area contributed by atoms with Crippen molar-refractivity contribution >= 4 is 11.7 Å². The molecule has 0 unspecified atom stereocenters. The van der Waals surface area contributed by atoms with Crippen molar-refractivity contribution in [2.75, 3.05) is 18.4 Å². The highest BCUT2D eigenvalue weighted by Gasteiger charge is 2.18. The molecule has 2 N–H and O–H groups in total. The summed E-state index contributed by atoms with van der Waals surface area (Å²) in [5, 5.41) is 5.40. The van der Waals surface area contributed by atoms with Gasteiger partial charge in [0.1, 0.15) is 23.8 Å². The molecule has 0 radical (unpaired) electrons. The topological polar surface area (TPSA) is 84.7 Å². The number of carbonyl (C=O) groups excluding carboxylic acids is 1. The SMILES string of the molecule is Cc1nccn1-c1cc(NCCNC(=O)c2ccc(F)c(F)c2F)ncn1. The summed E-state index contributed by atoms with van der Waals surface area (Å²) in [7, 11) is 0. The van der Waals surface area contributed by atoms with Crippen molar-refractivity contribution < 1.29 is 18.0 Å². The highest BCUT2D eigenvalue weighted by molar-refractivity contribution is 5.94. The van der Waals surface area contributed by atoms with Crippen LogP contribution in [-0.2, 0) is 0 Å². The van der Waals surface area contributed by atoms with Gasteiger partial charge in [-0.05, 0) is 19.1 Å². The third-order valence-electron chi connectivity index (χ3n) is 3.72. The second kappa shape index (κ2) is 7.85. The Hall–Kier alpha value is -3.43. The molecule has 2 aromatic heterocycles. The molecule has 0 spiro atoms. The summed E-state index contributed by atoms with van der Waals surface area (Å²) in [6.45, 7) is 2.22. The van der Waals surface area contributed by atoms with E-state index in [1.54, 1.807) is 23.0 Å². The fourth-order valence-corrected chi connectivity index (χ4v) is 2.36. The van der Waals surface area contributed by atoms with Gasteiger partial charge in [0, 0.05) is 31.5 Å². The van der Waals surface area contributed by atoms with Gasteiger partial charge in [-0.1, -0.05) is 0 Å². The molecule has 2 heterocycles. The van der Waals surface area contributed by atoms with Crippen LogP contribution in [0.2, 0.25) is 0 Å². The number of amides is 1. The fourth-order valence-electron chi connectivity index (χ4n) is 2.36. The molecule has 3 aromatic rings. The van der Waals surface area contributed by atoms with Crippen LogP contribution in [0.3, 0.4) is 0 Å². The van der Waals surface area contributed by atoms with E-state index in [1.807, 2.05) is 6.92 Å². The molecule has 140 valence electrons. The zero-order valence-corrected chi connectivity index (χ0v) is 14.2. The van der Waals surface area contributed by atoms with Crippen molar-refractivity contribution in [3.63, 3.8) is 0 Å². The molecule has 0 fully saturated rings. The molecule has 0 atom stereocenters. The van der Waals surface area contributed by atoms with E-state index >= 15 is 0 Å². The van der Waals surface area contributed by atoms with Crippen molar-refractivity contribution in [3.05, 3.63) is 65.8 Å². The summed E-state index contributed by atoms with van der Waals surface area (Å²) >= 11 is 0. The Bertz CT molecular complexity index is 975. The van der Waals surface area contributed by atoms with Crippen LogP contribution in [-0.4, -0.2) is 38.5 Å². The maximum absolute atomic E-state index is 13.6. The molecule has 7 nitrogen and oxygen atoms in total. The second-order valence-electron chi connectivity index (χ2n) is 5.51. The molecular formula is C17H15F3N6O. The first kappa shape index (κ1) is 18.4. The maximum Gasteiger partial charge on any atom is 0.254 e. The first-order chi connectivity index (χ1) is 13.0. The fraction of sp³-hybridized carbons (Fsp3) is 0.176. The van der Waals surface area contributed by atoms with Gasteiger partial charge in [0.25, 0.3) is 5.91 Å². The van der Waals surface area contributed by atoms with Gasteiger partial charge in [0.2, 0.25) is 0 Å². The summed E-state index contributed by atoms with van der Waals surface area (Å²) in [6.07, 6.45) is 4.79. The van der Waals surface area contributed by atoms with E-state index in [2.05, 4.69) is 25.6 Å². The summed E-state index contributed by atoms with van der Waals surface area (Å²) in [5.74, 6) is -3.48. The predicted molar refractivity (Wildman–Crippen MR) is 91.0 cm³/mol. The lowest BCUT2D eigenvalue weighted by Gasteiger charge is -2.10. The Labute approximate surface area is 152 Å². The standard InChI is InChI=1S/C17H15F3N6O/c1-10-21-6-7-26(10)14-8-13(24-9-25-14)22-4-5-23-17(27)11-2-3-12(18)16(20)15(11)19/h2-3,6-9H,4-5H2,1H3,(H,23,27)(H,22,24,25). The van der Waals surface area contributed by atoms with Gasteiger partial charge in [0.05, 0.1) is 5.56 Å². The van der Waals surface area contributed by atoms with Crippen LogP contribution >= 0.6 is 0 Å². The van der Waals surface area contributed by atoms with Crippen LogP contribution in [0.4, 0.5) is 19.0 Å². The third kappa shape index (κ3) is 4.05. The Morgan fingerprint density at radius 3 is 2.67 bits per heavy atom. The molecule has 0 aliphatic carbocycles. The monoisotopic (exact) mass is 376 g/mol. The van der Waals surface area contributed by atoms with Crippen molar-refractivity contribution in [1.29, 1.82) is 0 Å². The average Bonchev–Trinajstić information content (AvgIpc) is 3.09. The first-order valence-corrected chi connectivity index (χ1v) is 7.95. The summed E-state index contributed by atoms with van der Waals surface area (Å²) in [4.78, 5) is 24.2. The Kier molecular flexibility index (Phi) is 5.34. The number of carbonyl (C=O) groups is 1. The third-order valence-corrected chi connectivity index (χ3v) is 3.72. The number of imidazole rings is 1. The molecule has 0 aliphatic heterocycles. The van der Waals surface area contributed by atoms with Crippen molar-refractivity contribution in [2.45, 2.75) is 6.92 Å². The second-order valence-corrected chi connectivity index (χ2v) is 5.51. The van der Waals surface area contributed by atoms with E-state index in [1.165, 1.54) is 6.33 Å². The number of hydrogen-bond donors (Lipinski definition) is 2. The zero-order chi connectivity index (χ0) is 19.4. The number of halogens is 3. The van der Waals surface area contributed by atoms with E-state index in [4.69, 9.17) is 0 Å².